The summed E-state index contributed by atoms with van der Waals surface area (Å²) < 4.78 is 5.73. The quantitative estimate of drug-likeness (QED) is 0.676. The summed E-state index contributed by atoms with van der Waals surface area (Å²) in [6.45, 7) is 6.87. The number of aromatic nitrogens is 3. The molecule has 0 radical (unpaired) electrons. The molecule has 4 rings (SSSR count). The molecule has 27 heavy (non-hydrogen) atoms. The van der Waals surface area contributed by atoms with E-state index >= 15 is 0 Å². The van der Waals surface area contributed by atoms with E-state index in [0.717, 1.165) is 74.9 Å². The first-order valence-corrected chi connectivity index (χ1v) is 9.88. The molecule has 0 spiro atoms. The van der Waals surface area contributed by atoms with Crippen molar-refractivity contribution in [1.29, 1.82) is 0 Å². The molecule has 1 aliphatic heterocycles. The first kappa shape index (κ1) is 18.5. The molecule has 2 fully saturated rings. The average Bonchev–Trinajstić information content (AvgIpc) is 3.10. The summed E-state index contributed by atoms with van der Waals surface area (Å²) in [5.74, 6) is 1.61. The summed E-state index contributed by atoms with van der Waals surface area (Å²) in [7, 11) is 1.79. The monoisotopic (exact) mass is 374 g/mol. The van der Waals surface area contributed by atoms with Crippen molar-refractivity contribution < 1.29 is 9.84 Å². The van der Waals surface area contributed by atoms with Gasteiger partial charge in [0.25, 0.3) is 0 Å². The largest absolute Gasteiger partial charge is 0.392 e. The molecule has 8 heteroatoms. The minimum Gasteiger partial charge on any atom is -0.392 e. The molecule has 0 amide bonds. The van der Waals surface area contributed by atoms with Gasteiger partial charge in [-0.25, -0.2) is 4.98 Å². The van der Waals surface area contributed by atoms with E-state index in [2.05, 4.69) is 20.1 Å². The molecule has 0 bridgehead atoms. The lowest BCUT2D eigenvalue weighted by molar-refractivity contribution is -0.0601. The zero-order valence-corrected chi connectivity index (χ0v) is 16.2. The lowest BCUT2D eigenvalue weighted by Crippen LogP contribution is -2.48. The van der Waals surface area contributed by atoms with Crippen LogP contribution < -0.4 is 10.2 Å². The number of hydrogen-bond donors (Lipinski definition) is 3. The van der Waals surface area contributed by atoms with Crippen molar-refractivity contribution in [3.05, 3.63) is 12.3 Å². The maximum atomic E-state index is 9.59. The van der Waals surface area contributed by atoms with Crippen LogP contribution in [-0.2, 0) is 4.74 Å². The number of anilines is 2. The Bertz CT molecular complexity index is 759. The molecule has 3 heterocycles. The third kappa shape index (κ3) is 3.88. The Labute approximate surface area is 159 Å². The third-order valence-electron chi connectivity index (χ3n) is 5.85. The van der Waals surface area contributed by atoms with Gasteiger partial charge in [-0.15, -0.1) is 0 Å². The summed E-state index contributed by atoms with van der Waals surface area (Å²) in [6, 6.07) is 1.99. The van der Waals surface area contributed by atoms with Crippen LogP contribution in [0.2, 0.25) is 0 Å². The van der Waals surface area contributed by atoms with Crippen LogP contribution in [0.25, 0.3) is 11.0 Å². The maximum absolute atomic E-state index is 9.59. The van der Waals surface area contributed by atoms with Gasteiger partial charge in [-0.1, -0.05) is 0 Å². The molecule has 2 aromatic heterocycles. The Hall–Kier alpha value is -1.90. The number of nitrogens with one attached hydrogen (secondary N) is 2. The summed E-state index contributed by atoms with van der Waals surface area (Å²) >= 11 is 0. The Morgan fingerprint density at radius 2 is 2.07 bits per heavy atom. The molecule has 1 unspecified atom stereocenters. The molecular weight excluding hydrogens is 344 g/mol. The smallest absolute Gasteiger partial charge is 0.228 e. The van der Waals surface area contributed by atoms with Crippen molar-refractivity contribution >= 4 is 22.8 Å². The molecule has 8 nitrogen and oxygen atoms in total. The van der Waals surface area contributed by atoms with E-state index in [0.29, 0.717) is 0 Å². The molecular formula is C19H30N6O2. The van der Waals surface area contributed by atoms with Crippen molar-refractivity contribution in [3.8, 4) is 0 Å². The molecule has 1 saturated carbocycles. The van der Waals surface area contributed by atoms with Crippen LogP contribution in [0.1, 0.15) is 26.2 Å². The molecule has 1 atom stereocenters. The van der Waals surface area contributed by atoms with Crippen molar-refractivity contribution in [3.63, 3.8) is 0 Å². The number of nitrogens with zero attached hydrogens (tertiary/aromatic N) is 4. The number of hydrogen-bond acceptors (Lipinski definition) is 7. The number of H-pyrrole nitrogens is 1. The fourth-order valence-electron chi connectivity index (χ4n) is 3.98. The number of piperazine rings is 1. The number of aliphatic hydroxyl groups is 1. The van der Waals surface area contributed by atoms with E-state index in [1.165, 1.54) is 6.42 Å². The van der Waals surface area contributed by atoms with E-state index in [1.807, 2.05) is 19.2 Å². The highest BCUT2D eigenvalue weighted by molar-refractivity contribution is 5.87. The summed E-state index contributed by atoms with van der Waals surface area (Å²) in [6.07, 6.45) is 5.02. The van der Waals surface area contributed by atoms with Crippen LogP contribution >= 0.6 is 0 Å². The highest BCUT2D eigenvalue weighted by Gasteiger charge is 2.37. The fraction of sp³-hybridized carbons (Fsp3) is 0.684. The van der Waals surface area contributed by atoms with Crippen molar-refractivity contribution in [2.45, 2.75) is 37.9 Å². The first-order valence-electron chi connectivity index (χ1n) is 9.88. The Kier molecular flexibility index (Phi) is 5.21. The van der Waals surface area contributed by atoms with Gasteiger partial charge in [-0.2, -0.15) is 4.98 Å². The van der Waals surface area contributed by atoms with Gasteiger partial charge in [-0.05, 0) is 32.3 Å². The van der Waals surface area contributed by atoms with Crippen LogP contribution in [0.5, 0.6) is 0 Å². The van der Waals surface area contributed by atoms with E-state index in [4.69, 9.17) is 14.7 Å². The number of methoxy groups -OCH3 is 1. The van der Waals surface area contributed by atoms with E-state index in [1.54, 1.807) is 7.11 Å². The zero-order chi connectivity index (χ0) is 18.9. The van der Waals surface area contributed by atoms with Gasteiger partial charge < -0.3 is 25.0 Å². The lowest BCUT2D eigenvalue weighted by atomic mass is 9.80. The van der Waals surface area contributed by atoms with Crippen LogP contribution in [0.3, 0.4) is 0 Å². The molecule has 0 aromatic carbocycles. The standard InChI is InChI=1S/C19H30N6O2/c1-14(26)12-24-8-10-25(11-9-24)18-22-15-4-7-20-16(15)17(23-18)21-13-19(27-2)5-3-6-19/h4,7,14,20,26H,3,5-6,8-13H2,1-2H3,(H,21,22,23). The first-order chi connectivity index (χ1) is 13.1. The van der Waals surface area contributed by atoms with Crippen LogP contribution in [-0.4, -0.2) is 83.0 Å². The van der Waals surface area contributed by atoms with Gasteiger partial charge in [0, 0.05) is 52.6 Å². The highest BCUT2D eigenvalue weighted by atomic mass is 16.5. The van der Waals surface area contributed by atoms with Crippen LogP contribution in [0, 0.1) is 0 Å². The van der Waals surface area contributed by atoms with Crippen LogP contribution in [0.15, 0.2) is 12.3 Å². The number of aromatic amines is 1. The highest BCUT2D eigenvalue weighted by Crippen LogP contribution is 2.35. The molecule has 3 N–H and O–H groups in total. The van der Waals surface area contributed by atoms with E-state index in [-0.39, 0.29) is 11.7 Å². The summed E-state index contributed by atoms with van der Waals surface area (Å²) in [5, 5.41) is 13.1. The van der Waals surface area contributed by atoms with Gasteiger partial charge in [-0.3, -0.25) is 4.90 Å². The number of ether oxygens (including phenoxy) is 1. The Balaban J connectivity index is 1.49. The number of aliphatic hydroxyl groups excluding tert-OH is 1. The van der Waals surface area contributed by atoms with Gasteiger partial charge in [0.15, 0.2) is 5.82 Å². The lowest BCUT2D eigenvalue weighted by Gasteiger charge is -2.40. The average molecular weight is 374 g/mol. The molecule has 148 valence electrons. The van der Waals surface area contributed by atoms with Gasteiger partial charge >= 0.3 is 0 Å². The maximum Gasteiger partial charge on any atom is 0.228 e. The predicted molar refractivity (Wildman–Crippen MR) is 106 cm³/mol. The van der Waals surface area contributed by atoms with Gasteiger partial charge in [0.05, 0.1) is 17.2 Å². The molecule has 1 saturated heterocycles. The van der Waals surface area contributed by atoms with Crippen molar-refractivity contribution in [2.75, 3.05) is 56.6 Å². The minimum absolute atomic E-state index is 0.0589. The minimum atomic E-state index is -0.292. The number of β-amino-alcohol motifs (C(OH)–C–C–N with tert-alkyl or cyclic N) is 1. The summed E-state index contributed by atoms with van der Waals surface area (Å²) in [4.78, 5) is 17.3. The number of rotatable bonds is 7. The third-order valence-corrected chi connectivity index (χ3v) is 5.85. The van der Waals surface area contributed by atoms with Gasteiger partial charge in [0.1, 0.15) is 5.52 Å². The molecule has 2 aromatic rings. The fourth-order valence-corrected chi connectivity index (χ4v) is 3.98. The Morgan fingerprint density at radius 1 is 1.30 bits per heavy atom. The second-order valence-electron chi connectivity index (χ2n) is 7.84. The predicted octanol–water partition coefficient (Wildman–Crippen LogP) is 1.44. The second-order valence-corrected chi connectivity index (χ2v) is 7.84. The molecule has 1 aliphatic carbocycles. The van der Waals surface area contributed by atoms with Crippen molar-refractivity contribution in [2.24, 2.45) is 0 Å². The van der Waals surface area contributed by atoms with Gasteiger partial charge in [0.2, 0.25) is 5.95 Å². The zero-order valence-electron chi connectivity index (χ0n) is 16.2. The number of fused-ring (bicyclic) bond motifs is 1. The molecule has 2 aliphatic rings. The Morgan fingerprint density at radius 3 is 2.70 bits per heavy atom. The van der Waals surface area contributed by atoms with Crippen LogP contribution in [0.4, 0.5) is 11.8 Å². The summed E-state index contributed by atoms with van der Waals surface area (Å²) in [5.41, 5.74) is 1.81. The topological polar surface area (TPSA) is 89.5 Å². The van der Waals surface area contributed by atoms with E-state index < -0.39 is 0 Å². The SMILES string of the molecule is COC1(CNc2nc(N3CCN(CC(C)O)CC3)nc3cc[nH]c23)CCC1. The van der Waals surface area contributed by atoms with Crippen molar-refractivity contribution in [1.82, 2.24) is 19.9 Å². The van der Waals surface area contributed by atoms with E-state index in [9.17, 15) is 5.11 Å². The normalized spacial score (nSPS) is 21.2. The second kappa shape index (κ2) is 7.61.